The van der Waals surface area contributed by atoms with E-state index >= 15 is 0 Å². The van der Waals surface area contributed by atoms with Gasteiger partial charge in [-0.3, -0.25) is 9.36 Å². The molecule has 0 aliphatic carbocycles. The van der Waals surface area contributed by atoms with Crippen LogP contribution in [0.25, 0.3) is 0 Å². The fourth-order valence-corrected chi connectivity index (χ4v) is 4.56. The molecule has 0 aliphatic rings. The molecule has 0 bridgehead atoms. The number of hydrogen-bond donors (Lipinski definition) is 0. The molecule has 0 radical (unpaired) electrons. The summed E-state index contributed by atoms with van der Waals surface area (Å²) in [6.07, 6.45) is 0.521. The molecular formula is C18H21O3P. The molecular weight excluding hydrogens is 295 g/mol. The van der Waals surface area contributed by atoms with E-state index < -0.39 is 12.8 Å². The molecule has 0 aromatic heterocycles. The minimum absolute atomic E-state index is 0.349. The van der Waals surface area contributed by atoms with Crippen LogP contribution in [-0.4, -0.2) is 12.6 Å². The van der Waals surface area contributed by atoms with Gasteiger partial charge in [0.25, 0.3) is 7.37 Å². The Balaban J connectivity index is 2.33. The number of carbonyl (C=O) groups is 1. The van der Waals surface area contributed by atoms with Crippen molar-refractivity contribution in [3.63, 3.8) is 0 Å². The monoisotopic (exact) mass is 316 g/mol. The van der Waals surface area contributed by atoms with Crippen molar-refractivity contribution in [3.8, 4) is 0 Å². The summed E-state index contributed by atoms with van der Waals surface area (Å²) in [6.45, 7) is 3.63. The second kappa shape index (κ2) is 6.60. The summed E-state index contributed by atoms with van der Waals surface area (Å²) in [7, 11) is -2.20. The Labute approximate surface area is 131 Å². The van der Waals surface area contributed by atoms with Crippen LogP contribution in [0.2, 0.25) is 0 Å². The van der Waals surface area contributed by atoms with E-state index in [1.54, 1.807) is 24.3 Å². The molecule has 0 heterocycles. The van der Waals surface area contributed by atoms with Crippen LogP contribution in [0, 0.1) is 5.41 Å². The zero-order chi connectivity index (χ0) is 16.2. The number of benzene rings is 2. The molecule has 0 saturated heterocycles. The fourth-order valence-electron chi connectivity index (χ4n) is 2.51. The fraction of sp³-hybridized carbons (Fsp3) is 0.278. The average Bonchev–Trinajstić information content (AvgIpc) is 2.54. The third-order valence-electron chi connectivity index (χ3n) is 3.69. The molecule has 0 amide bonds. The van der Waals surface area contributed by atoms with Gasteiger partial charge in [-0.2, -0.15) is 0 Å². The Hall–Kier alpha value is -1.70. The topological polar surface area (TPSA) is 43.4 Å². The maximum absolute atomic E-state index is 13.1. The highest BCUT2D eigenvalue weighted by Gasteiger charge is 2.43. The van der Waals surface area contributed by atoms with E-state index in [0.29, 0.717) is 11.7 Å². The first kappa shape index (κ1) is 16.7. The van der Waals surface area contributed by atoms with Gasteiger partial charge in [0.1, 0.15) is 0 Å². The van der Waals surface area contributed by atoms with E-state index in [1.807, 2.05) is 50.2 Å². The van der Waals surface area contributed by atoms with Crippen molar-refractivity contribution in [2.45, 2.75) is 20.3 Å². The lowest BCUT2D eigenvalue weighted by molar-refractivity contribution is -0.119. The molecule has 116 valence electrons. The number of carbonyl (C=O) groups excluding carboxylic acids is 1. The van der Waals surface area contributed by atoms with Crippen LogP contribution in [0.3, 0.4) is 0 Å². The Kier molecular flexibility index (Phi) is 5.00. The lowest BCUT2D eigenvalue weighted by atomic mass is 9.87. The minimum Gasteiger partial charge on any atom is -0.323 e. The van der Waals surface area contributed by atoms with Gasteiger partial charge in [-0.15, -0.1) is 0 Å². The molecule has 0 N–H and O–H groups in total. The predicted molar refractivity (Wildman–Crippen MR) is 89.6 cm³/mol. The third kappa shape index (κ3) is 3.37. The third-order valence-corrected chi connectivity index (χ3v) is 6.32. The predicted octanol–water partition coefficient (Wildman–Crippen LogP) is 4.03. The molecule has 22 heavy (non-hydrogen) atoms. The highest BCUT2D eigenvalue weighted by atomic mass is 31.2. The van der Waals surface area contributed by atoms with E-state index in [-0.39, 0.29) is 5.52 Å². The van der Waals surface area contributed by atoms with E-state index in [0.717, 1.165) is 5.56 Å². The highest BCUT2D eigenvalue weighted by molar-refractivity contribution is 7.83. The zero-order valence-corrected chi connectivity index (χ0v) is 14.0. The SMILES string of the molecule is COP(=O)(C(=O)C(C)(C)Cc1ccccc1)c1ccccc1. The molecule has 0 spiro atoms. The van der Waals surface area contributed by atoms with Crippen molar-refractivity contribution < 1.29 is 13.9 Å². The van der Waals surface area contributed by atoms with Gasteiger partial charge in [0.15, 0.2) is 0 Å². The Morgan fingerprint density at radius 2 is 1.50 bits per heavy atom. The van der Waals surface area contributed by atoms with Crippen molar-refractivity contribution >= 4 is 18.2 Å². The summed E-state index contributed by atoms with van der Waals surface area (Å²) in [6, 6.07) is 18.4. The standard InChI is InChI=1S/C18H21O3P/c1-18(2,14-15-10-6-4-7-11-15)17(19)22(20,21-3)16-12-8-5-9-13-16/h4-13H,14H2,1-3H3. The number of hydrogen-bond acceptors (Lipinski definition) is 3. The minimum atomic E-state index is -3.54. The molecule has 3 nitrogen and oxygen atoms in total. The lowest BCUT2D eigenvalue weighted by Crippen LogP contribution is -2.30. The summed E-state index contributed by atoms with van der Waals surface area (Å²) in [5.74, 6) is 0. The molecule has 0 fully saturated rings. The smallest absolute Gasteiger partial charge is 0.296 e. The first-order valence-corrected chi connectivity index (χ1v) is 8.83. The second-order valence-corrected chi connectivity index (χ2v) is 8.31. The van der Waals surface area contributed by atoms with Gasteiger partial charge in [0.2, 0.25) is 5.52 Å². The van der Waals surface area contributed by atoms with Crippen molar-refractivity contribution in [1.82, 2.24) is 0 Å². The van der Waals surface area contributed by atoms with Gasteiger partial charge in [-0.05, 0) is 24.1 Å². The van der Waals surface area contributed by atoms with Gasteiger partial charge in [-0.1, -0.05) is 62.4 Å². The van der Waals surface area contributed by atoms with Crippen LogP contribution in [0.1, 0.15) is 19.4 Å². The Morgan fingerprint density at radius 3 is 2.00 bits per heavy atom. The first-order chi connectivity index (χ1) is 10.4. The van der Waals surface area contributed by atoms with Crippen molar-refractivity contribution in [1.29, 1.82) is 0 Å². The summed E-state index contributed by atoms with van der Waals surface area (Å²) < 4.78 is 18.4. The lowest BCUT2D eigenvalue weighted by Gasteiger charge is -2.27. The zero-order valence-electron chi connectivity index (χ0n) is 13.2. The highest BCUT2D eigenvalue weighted by Crippen LogP contribution is 2.51. The van der Waals surface area contributed by atoms with Gasteiger partial charge in [0.05, 0.1) is 0 Å². The number of rotatable bonds is 6. The largest absolute Gasteiger partial charge is 0.323 e. The molecule has 0 saturated carbocycles. The summed E-state index contributed by atoms with van der Waals surface area (Å²) in [5.41, 5.74) is -0.0861. The normalized spacial score (nSPS) is 14.3. The summed E-state index contributed by atoms with van der Waals surface area (Å²) >= 11 is 0. The van der Waals surface area contributed by atoms with Crippen molar-refractivity contribution in [2.24, 2.45) is 5.41 Å². The van der Waals surface area contributed by atoms with E-state index in [9.17, 15) is 9.36 Å². The second-order valence-electron chi connectivity index (χ2n) is 5.92. The maximum atomic E-state index is 13.1. The van der Waals surface area contributed by atoms with Gasteiger partial charge >= 0.3 is 0 Å². The van der Waals surface area contributed by atoms with Gasteiger partial charge in [-0.25, -0.2) is 0 Å². The van der Waals surface area contributed by atoms with Crippen LogP contribution < -0.4 is 5.30 Å². The molecule has 2 rings (SSSR count). The molecule has 1 unspecified atom stereocenters. The van der Waals surface area contributed by atoms with Crippen LogP contribution in [0.4, 0.5) is 0 Å². The Morgan fingerprint density at radius 1 is 1.00 bits per heavy atom. The van der Waals surface area contributed by atoms with E-state index in [1.165, 1.54) is 7.11 Å². The molecule has 1 atom stereocenters. The Bertz CT molecular complexity index is 678. The van der Waals surface area contributed by atoms with E-state index in [4.69, 9.17) is 4.52 Å². The average molecular weight is 316 g/mol. The molecule has 2 aromatic rings. The van der Waals surface area contributed by atoms with Crippen LogP contribution in [0.5, 0.6) is 0 Å². The quantitative estimate of drug-likeness (QED) is 0.756. The van der Waals surface area contributed by atoms with Crippen LogP contribution >= 0.6 is 7.37 Å². The maximum Gasteiger partial charge on any atom is 0.296 e. The molecule has 2 aromatic carbocycles. The summed E-state index contributed by atoms with van der Waals surface area (Å²) in [5, 5.41) is 0.448. The van der Waals surface area contributed by atoms with Crippen molar-refractivity contribution in [3.05, 3.63) is 66.2 Å². The van der Waals surface area contributed by atoms with Gasteiger partial charge in [0, 0.05) is 17.8 Å². The molecule has 4 heteroatoms. The van der Waals surface area contributed by atoms with E-state index in [2.05, 4.69) is 0 Å². The first-order valence-electron chi connectivity index (χ1n) is 7.20. The van der Waals surface area contributed by atoms with Gasteiger partial charge < -0.3 is 4.52 Å². The molecule has 0 aliphatic heterocycles. The van der Waals surface area contributed by atoms with Crippen LogP contribution in [-0.2, 0) is 20.3 Å². The van der Waals surface area contributed by atoms with Crippen molar-refractivity contribution in [2.75, 3.05) is 7.11 Å². The van der Waals surface area contributed by atoms with Crippen LogP contribution in [0.15, 0.2) is 60.7 Å². The summed E-state index contributed by atoms with van der Waals surface area (Å²) in [4.78, 5) is 12.9.